The van der Waals surface area contributed by atoms with Gasteiger partial charge >= 0.3 is 5.97 Å². The van der Waals surface area contributed by atoms with Crippen LogP contribution in [0.4, 0.5) is 0 Å². The van der Waals surface area contributed by atoms with Gasteiger partial charge in [-0.25, -0.2) is 9.78 Å². The monoisotopic (exact) mass is 328 g/mol. The smallest absolute Gasteiger partial charge is 0.357 e. The molecule has 6 nitrogen and oxygen atoms in total. The van der Waals surface area contributed by atoms with Gasteiger partial charge in [0.25, 0.3) is 5.91 Å². The Kier molecular flexibility index (Phi) is 4.76. The normalized spacial score (nSPS) is 20.8. The van der Waals surface area contributed by atoms with Gasteiger partial charge in [-0.1, -0.05) is 24.3 Å². The van der Waals surface area contributed by atoms with Gasteiger partial charge in [-0.2, -0.15) is 0 Å². The van der Waals surface area contributed by atoms with E-state index in [9.17, 15) is 9.59 Å². The Morgan fingerprint density at radius 3 is 2.62 bits per heavy atom. The number of aromatic nitrogens is 1. The summed E-state index contributed by atoms with van der Waals surface area (Å²) in [5, 5.41) is 0.946. The Morgan fingerprint density at radius 1 is 1.17 bits per heavy atom. The third-order valence-corrected chi connectivity index (χ3v) is 3.91. The van der Waals surface area contributed by atoms with Gasteiger partial charge in [-0.15, -0.1) is 0 Å². The summed E-state index contributed by atoms with van der Waals surface area (Å²) in [5.74, 6) is -0.811. The number of morpholine rings is 1. The predicted molar refractivity (Wildman–Crippen MR) is 88.6 cm³/mol. The van der Waals surface area contributed by atoms with Gasteiger partial charge in [0.1, 0.15) is 5.69 Å². The van der Waals surface area contributed by atoms with E-state index in [1.54, 1.807) is 11.0 Å². The van der Waals surface area contributed by atoms with Gasteiger partial charge in [0.15, 0.2) is 6.61 Å². The number of para-hydroxylation sites is 1. The van der Waals surface area contributed by atoms with E-state index in [4.69, 9.17) is 9.47 Å². The minimum absolute atomic E-state index is 0.0180. The summed E-state index contributed by atoms with van der Waals surface area (Å²) in [5.41, 5.74) is 0.916. The van der Waals surface area contributed by atoms with Crippen molar-refractivity contribution >= 4 is 22.8 Å². The Balaban J connectivity index is 1.60. The molecule has 24 heavy (non-hydrogen) atoms. The zero-order valence-electron chi connectivity index (χ0n) is 13.8. The SMILES string of the molecule is C[C@@H]1CN(C(=O)COC(=O)c2ccc3ccccc3n2)C[C@H](C)O1. The number of benzene rings is 1. The highest BCUT2D eigenvalue weighted by molar-refractivity contribution is 5.92. The molecule has 1 aromatic carbocycles. The van der Waals surface area contributed by atoms with E-state index in [1.165, 1.54) is 0 Å². The second-order valence-corrected chi connectivity index (χ2v) is 6.02. The number of amides is 1. The first-order chi connectivity index (χ1) is 11.5. The summed E-state index contributed by atoms with van der Waals surface area (Å²) in [7, 11) is 0. The molecule has 1 aromatic heterocycles. The zero-order valence-corrected chi connectivity index (χ0v) is 13.8. The van der Waals surface area contributed by atoms with Crippen molar-refractivity contribution in [1.29, 1.82) is 0 Å². The van der Waals surface area contributed by atoms with Crippen LogP contribution < -0.4 is 0 Å². The molecule has 2 atom stereocenters. The van der Waals surface area contributed by atoms with Crippen LogP contribution in [0.3, 0.4) is 0 Å². The molecule has 1 fully saturated rings. The first-order valence-corrected chi connectivity index (χ1v) is 7.99. The van der Waals surface area contributed by atoms with Gasteiger partial charge in [0.05, 0.1) is 17.7 Å². The fourth-order valence-corrected chi connectivity index (χ4v) is 2.85. The highest BCUT2D eigenvalue weighted by Gasteiger charge is 2.26. The van der Waals surface area contributed by atoms with Crippen molar-refractivity contribution in [3.05, 3.63) is 42.1 Å². The highest BCUT2D eigenvalue weighted by Crippen LogP contribution is 2.13. The minimum atomic E-state index is -0.594. The lowest BCUT2D eigenvalue weighted by Gasteiger charge is -2.35. The number of ether oxygens (including phenoxy) is 2. The van der Waals surface area contributed by atoms with E-state index in [-0.39, 0.29) is 30.4 Å². The van der Waals surface area contributed by atoms with Crippen LogP contribution >= 0.6 is 0 Å². The number of hydrogen-bond acceptors (Lipinski definition) is 5. The maximum Gasteiger partial charge on any atom is 0.357 e. The van der Waals surface area contributed by atoms with Gasteiger partial charge < -0.3 is 14.4 Å². The zero-order chi connectivity index (χ0) is 17.1. The molecule has 0 radical (unpaired) electrons. The maximum absolute atomic E-state index is 12.2. The number of pyridine rings is 1. The average molecular weight is 328 g/mol. The molecule has 1 saturated heterocycles. The van der Waals surface area contributed by atoms with Crippen LogP contribution in [0.1, 0.15) is 24.3 Å². The number of carbonyl (C=O) groups is 2. The number of esters is 1. The van der Waals surface area contributed by atoms with Crippen molar-refractivity contribution in [3.8, 4) is 0 Å². The Labute approximate surface area is 140 Å². The Bertz CT molecular complexity index is 752. The molecule has 2 aromatic rings. The second kappa shape index (κ2) is 6.97. The molecular formula is C18H20N2O4. The lowest BCUT2D eigenvalue weighted by molar-refractivity contribution is -0.146. The summed E-state index contributed by atoms with van der Waals surface area (Å²) in [6.45, 7) is 4.57. The van der Waals surface area contributed by atoms with Crippen LogP contribution in [0.2, 0.25) is 0 Å². The number of nitrogens with zero attached hydrogens (tertiary/aromatic N) is 2. The average Bonchev–Trinajstić information content (AvgIpc) is 2.58. The topological polar surface area (TPSA) is 68.7 Å². The molecule has 1 aliphatic rings. The van der Waals surface area contributed by atoms with Crippen LogP contribution in [0.15, 0.2) is 36.4 Å². The lowest BCUT2D eigenvalue weighted by atomic mass is 10.2. The summed E-state index contributed by atoms with van der Waals surface area (Å²) in [6, 6.07) is 10.9. The Hall–Kier alpha value is -2.47. The number of carbonyl (C=O) groups excluding carboxylic acids is 2. The van der Waals surface area contributed by atoms with Gasteiger partial charge in [-0.05, 0) is 26.0 Å². The molecule has 1 aliphatic heterocycles. The first kappa shape index (κ1) is 16.4. The van der Waals surface area contributed by atoms with Crippen LogP contribution in [-0.2, 0) is 14.3 Å². The van der Waals surface area contributed by atoms with Crippen LogP contribution in [0, 0.1) is 0 Å². The molecule has 1 amide bonds. The highest BCUT2D eigenvalue weighted by atomic mass is 16.5. The molecule has 126 valence electrons. The minimum Gasteiger partial charge on any atom is -0.451 e. The lowest BCUT2D eigenvalue weighted by Crippen LogP contribution is -2.49. The van der Waals surface area contributed by atoms with Gasteiger partial charge in [0.2, 0.25) is 0 Å². The quantitative estimate of drug-likeness (QED) is 0.807. The van der Waals surface area contributed by atoms with E-state index < -0.39 is 5.97 Å². The second-order valence-electron chi connectivity index (χ2n) is 6.02. The summed E-state index contributed by atoms with van der Waals surface area (Å²) in [6.07, 6.45) is -0.0360. The van der Waals surface area contributed by atoms with E-state index in [1.807, 2.05) is 44.2 Å². The molecule has 2 heterocycles. The number of fused-ring (bicyclic) bond motifs is 1. The van der Waals surface area contributed by atoms with Gasteiger partial charge in [-0.3, -0.25) is 4.79 Å². The predicted octanol–water partition coefficient (Wildman–Crippen LogP) is 2.03. The van der Waals surface area contributed by atoms with Crippen molar-refractivity contribution in [2.24, 2.45) is 0 Å². The van der Waals surface area contributed by atoms with Crippen molar-refractivity contribution in [2.75, 3.05) is 19.7 Å². The fraction of sp³-hybridized carbons (Fsp3) is 0.389. The van der Waals surface area contributed by atoms with Crippen LogP contribution in [0.5, 0.6) is 0 Å². The molecule has 0 spiro atoms. The van der Waals surface area contributed by atoms with Crippen molar-refractivity contribution in [1.82, 2.24) is 9.88 Å². The number of hydrogen-bond donors (Lipinski definition) is 0. The molecule has 0 bridgehead atoms. The van der Waals surface area contributed by atoms with E-state index in [0.29, 0.717) is 18.6 Å². The standard InChI is InChI=1S/C18H20N2O4/c1-12-9-20(10-13(2)24-12)17(21)11-23-18(22)16-8-7-14-5-3-4-6-15(14)19-16/h3-8,12-13H,9-11H2,1-2H3/t12-,13+. The molecule has 0 saturated carbocycles. The van der Waals surface area contributed by atoms with E-state index >= 15 is 0 Å². The first-order valence-electron chi connectivity index (χ1n) is 7.99. The third-order valence-electron chi connectivity index (χ3n) is 3.91. The molecule has 0 N–H and O–H groups in total. The Morgan fingerprint density at radius 2 is 1.88 bits per heavy atom. The fourth-order valence-electron chi connectivity index (χ4n) is 2.85. The van der Waals surface area contributed by atoms with Gasteiger partial charge in [0, 0.05) is 18.5 Å². The molecular weight excluding hydrogens is 308 g/mol. The van der Waals surface area contributed by atoms with Crippen LogP contribution in [-0.4, -0.2) is 53.7 Å². The maximum atomic E-state index is 12.2. The summed E-state index contributed by atoms with van der Waals surface area (Å²) >= 11 is 0. The van der Waals surface area contributed by atoms with E-state index in [2.05, 4.69) is 4.98 Å². The molecule has 0 unspecified atom stereocenters. The summed E-state index contributed by atoms with van der Waals surface area (Å²) < 4.78 is 10.7. The molecule has 3 rings (SSSR count). The molecule has 0 aliphatic carbocycles. The summed E-state index contributed by atoms with van der Waals surface area (Å²) in [4.78, 5) is 30.3. The van der Waals surface area contributed by atoms with E-state index in [0.717, 1.165) is 5.39 Å². The molecule has 6 heteroatoms. The third kappa shape index (κ3) is 3.71. The van der Waals surface area contributed by atoms with Crippen molar-refractivity contribution in [2.45, 2.75) is 26.1 Å². The van der Waals surface area contributed by atoms with Crippen molar-refractivity contribution in [3.63, 3.8) is 0 Å². The van der Waals surface area contributed by atoms with Crippen LogP contribution in [0.25, 0.3) is 10.9 Å². The largest absolute Gasteiger partial charge is 0.451 e. The van der Waals surface area contributed by atoms with Crippen molar-refractivity contribution < 1.29 is 19.1 Å². The number of rotatable bonds is 3.